The Hall–Kier alpha value is -1.36. The molecule has 0 aliphatic heterocycles. The molecule has 1 heterocycles. The fourth-order valence-corrected chi connectivity index (χ4v) is 1.25. The summed E-state index contributed by atoms with van der Waals surface area (Å²) >= 11 is 0. The molecule has 0 aliphatic rings. The second-order valence-corrected chi connectivity index (χ2v) is 5.42. The quantitative estimate of drug-likeness (QED) is 0.746. The molecule has 4 N–H and O–H groups in total. The Morgan fingerprint density at radius 2 is 2.06 bits per heavy atom. The van der Waals surface area contributed by atoms with Crippen molar-refractivity contribution in [3.63, 3.8) is 0 Å². The third kappa shape index (κ3) is 2.66. The molecular weight excluding hydrogens is 216 g/mol. The Kier molecular flexibility index (Phi) is 3.62. The average Bonchev–Trinajstić information content (AvgIpc) is 2.63. The lowest BCUT2D eigenvalue weighted by Gasteiger charge is -2.36. The van der Waals surface area contributed by atoms with E-state index in [4.69, 9.17) is 5.73 Å². The van der Waals surface area contributed by atoms with E-state index in [1.807, 2.05) is 34.6 Å². The largest absolute Gasteiger partial charge is 0.325 e. The summed E-state index contributed by atoms with van der Waals surface area (Å²) < 4.78 is 0. The monoisotopic (exact) mass is 238 g/mol. The van der Waals surface area contributed by atoms with Crippen molar-refractivity contribution >= 4 is 11.7 Å². The number of aryl methyl sites for hydroxylation is 1. The third-order valence-electron chi connectivity index (χ3n) is 3.52. The molecule has 1 aromatic rings. The maximum Gasteiger partial charge on any atom is 0.233 e. The van der Waals surface area contributed by atoms with E-state index in [-0.39, 0.29) is 5.91 Å². The van der Waals surface area contributed by atoms with Crippen LogP contribution in [0.1, 0.15) is 40.2 Å². The minimum absolute atomic E-state index is 0.107. The van der Waals surface area contributed by atoms with Crippen LogP contribution in [0.3, 0.4) is 0 Å². The van der Waals surface area contributed by atoms with Crippen LogP contribution in [0, 0.1) is 5.41 Å². The van der Waals surface area contributed by atoms with Crippen molar-refractivity contribution < 1.29 is 4.79 Å². The van der Waals surface area contributed by atoms with Crippen molar-refractivity contribution in [2.45, 2.75) is 46.6 Å². The molecule has 0 spiro atoms. The van der Waals surface area contributed by atoms with Gasteiger partial charge in [0.2, 0.25) is 5.91 Å². The van der Waals surface area contributed by atoms with E-state index in [9.17, 15) is 4.79 Å². The van der Waals surface area contributed by atoms with E-state index in [1.165, 1.54) is 0 Å². The van der Waals surface area contributed by atoms with E-state index in [2.05, 4.69) is 15.5 Å². The van der Waals surface area contributed by atoms with Crippen LogP contribution < -0.4 is 11.1 Å². The Bertz CT molecular complexity index is 401. The molecule has 0 aromatic carbocycles. The highest BCUT2D eigenvalue weighted by molar-refractivity contribution is 5.95. The summed E-state index contributed by atoms with van der Waals surface area (Å²) in [5, 5.41) is 9.56. The third-order valence-corrected chi connectivity index (χ3v) is 3.52. The summed E-state index contributed by atoms with van der Waals surface area (Å²) in [5.41, 5.74) is 5.76. The van der Waals surface area contributed by atoms with Crippen molar-refractivity contribution in [1.82, 2.24) is 10.2 Å². The number of aromatic amines is 1. The highest BCUT2D eigenvalue weighted by Gasteiger charge is 2.40. The molecule has 17 heavy (non-hydrogen) atoms. The van der Waals surface area contributed by atoms with E-state index in [0.29, 0.717) is 5.82 Å². The van der Waals surface area contributed by atoms with Crippen molar-refractivity contribution in [2.75, 3.05) is 5.32 Å². The van der Waals surface area contributed by atoms with E-state index >= 15 is 0 Å². The van der Waals surface area contributed by atoms with Crippen LogP contribution in [0.15, 0.2) is 6.20 Å². The van der Waals surface area contributed by atoms with Gasteiger partial charge in [-0.1, -0.05) is 6.92 Å². The minimum Gasteiger partial charge on any atom is -0.325 e. The number of nitrogens with zero attached hydrogens (tertiary/aromatic N) is 1. The number of carbonyl (C=O) groups excluding carboxylic acids is 1. The fourth-order valence-electron chi connectivity index (χ4n) is 1.25. The van der Waals surface area contributed by atoms with Gasteiger partial charge < -0.3 is 11.1 Å². The molecule has 0 saturated heterocycles. The number of H-pyrrole nitrogens is 1. The molecule has 0 unspecified atom stereocenters. The van der Waals surface area contributed by atoms with Gasteiger partial charge in [0.05, 0.1) is 11.6 Å². The van der Waals surface area contributed by atoms with Crippen LogP contribution in [0.25, 0.3) is 0 Å². The lowest BCUT2D eigenvalue weighted by atomic mass is 9.74. The zero-order valence-corrected chi connectivity index (χ0v) is 11.2. The van der Waals surface area contributed by atoms with Crippen molar-refractivity contribution in [1.29, 1.82) is 0 Å². The summed E-state index contributed by atoms with van der Waals surface area (Å²) in [6, 6.07) is 0. The maximum atomic E-state index is 12.2. The highest BCUT2D eigenvalue weighted by atomic mass is 16.2. The van der Waals surface area contributed by atoms with E-state index < -0.39 is 11.0 Å². The van der Waals surface area contributed by atoms with Gasteiger partial charge >= 0.3 is 0 Å². The van der Waals surface area contributed by atoms with Crippen LogP contribution in [0.4, 0.5) is 5.82 Å². The number of hydrogen-bond donors (Lipinski definition) is 3. The molecule has 1 aromatic heterocycles. The van der Waals surface area contributed by atoms with Crippen molar-refractivity contribution in [3.8, 4) is 0 Å². The minimum atomic E-state index is -0.664. The summed E-state index contributed by atoms with van der Waals surface area (Å²) in [6.45, 7) is 9.38. The van der Waals surface area contributed by atoms with Gasteiger partial charge in [-0.15, -0.1) is 0 Å². The lowest BCUT2D eigenvalue weighted by molar-refractivity contribution is -0.126. The number of amides is 1. The van der Waals surface area contributed by atoms with Gasteiger partial charge in [0, 0.05) is 11.1 Å². The molecule has 0 atom stereocenters. The smallest absolute Gasteiger partial charge is 0.233 e. The van der Waals surface area contributed by atoms with Gasteiger partial charge in [-0.25, -0.2) is 0 Å². The summed E-state index contributed by atoms with van der Waals surface area (Å²) in [4.78, 5) is 12.2. The Balaban J connectivity index is 2.87. The molecule has 5 nitrogen and oxygen atoms in total. The molecule has 0 fully saturated rings. The van der Waals surface area contributed by atoms with Crippen molar-refractivity contribution in [2.24, 2.45) is 11.1 Å². The van der Waals surface area contributed by atoms with Crippen LogP contribution in [-0.4, -0.2) is 21.6 Å². The second-order valence-electron chi connectivity index (χ2n) is 5.42. The summed E-state index contributed by atoms with van der Waals surface area (Å²) in [6.07, 6.45) is 2.54. The first kappa shape index (κ1) is 13.7. The number of nitrogens with one attached hydrogen (secondary N) is 2. The SMILES string of the molecule is CCc1cn[nH]c1NC(=O)C(C)(C)C(C)(C)N. The Morgan fingerprint density at radius 3 is 2.53 bits per heavy atom. The van der Waals surface area contributed by atoms with Gasteiger partial charge in [-0.05, 0) is 34.1 Å². The van der Waals surface area contributed by atoms with Crippen LogP contribution in [0.2, 0.25) is 0 Å². The Labute approximate surface area is 102 Å². The maximum absolute atomic E-state index is 12.2. The number of aromatic nitrogens is 2. The number of anilines is 1. The molecule has 96 valence electrons. The standard InChI is InChI=1S/C12H22N4O/c1-6-8-7-14-16-9(8)15-10(17)11(2,3)12(4,5)13/h7H,6,13H2,1-5H3,(H2,14,15,16,17). The topological polar surface area (TPSA) is 83.8 Å². The predicted molar refractivity (Wildman–Crippen MR) is 68.6 cm³/mol. The highest BCUT2D eigenvalue weighted by Crippen LogP contribution is 2.29. The number of hydrogen-bond acceptors (Lipinski definition) is 3. The molecule has 1 rings (SSSR count). The van der Waals surface area contributed by atoms with Gasteiger partial charge in [-0.2, -0.15) is 5.10 Å². The first-order chi connectivity index (χ1) is 7.70. The molecule has 0 radical (unpaired) electrons. The zero-order valence-electron chi connectivity index (χ0n) is 11.2. The predicted octanol–water partition coefficient (Wildman–Crippen LogP) is 1.67. The summed E-state index contributed by atoms with van der Waals surface area (Å²) in [7, 11) is 0. The number of nitrogens with two attached hydrogens (primary N) is 1. The molecule has 1 amide bonds. The normalized spacial score (nSPS) is 12.6. The van der Waals surface area contributed by atoms with E-state index in [1.54, 1.807) is 6.20 Å². The zero-order chi connectivity index (χ0) is 13.3. The first-order valence-corrected chi connectivity index (χ1v) is 5.82. The Morgan fingerprint density at radius 1 is 1.47 bits per heavy atom. The number of carbonyl (C=O) groups is 1. The van der Waals surface area contributed by atoms with Crippen LogP contribution in [-0.2, 0) is 11.2 Å². The molecule has 0 saturated carbocycles. The lowest BCUT2D eigenvalue weighted by Crippen LogP contribution is -2.53. The first-order valence-electron chi connectivity index (χ1n) is 5.82. The molecule has 0 bridgehead atoms. The van der Waals surface area contributed by atoms with Gasteiger partial charge in [0.1, 0.15) is 5.82 Å². The average molecular weight is 238 g/mol. The van der Waals surface area contributed by atoms with Crippen LogP contribution >= 0.6 is 0 Å². The second kappa shape index (κ2) is 4.49. The van der Waals surface area contributed by atoms with Gasteiger partial charge in [0.25, 0.3) is 0 Å². The van der Waals surface area contributed by atoms with Gasteiger partial charge in [0.15, 0.2) is 0 Å². The van der Waals surface area contributed by atoms with Crippen LogP contribution in [0.5, 0.6) is 0 Å². The van der Waals surface area contributed by atoms with Crippen molar-refractivity contribution in [3.05, 3.63) is 11.8 Å². The number of rotatable bonds is 4. The molecule has 0 aliphatic carbocycles. The molecular formula is C12H22N4O. The fraction of sp³-hybridized carbons (Fsp3) is 0.667. The van der Waals surface area contributed by atoms with Gasteiger partial charge in [-0.3, -0.25) is 9.89 Å². The molecule has 5 heteroatoms. The van der Waals surface area contributed by atoms with E-state index in [0.717, 1.165) is 12.0 Å². The summed E-state index contributed by atoms with van der Waals surface area (Å²) in [5.74, 6) is 0.554.